The molecule has 120 valence electrons. The zero-order valence-corrected chi connectivity index (χ0v) is 13.5. The van der Waals surface area contributed by atoms with Crippen molar-refractivity contribution in [2.24, 2.45) is 0 Å². The lowest BCUT2D eigenvalue weighted by atomic mass is 9.79. The summed E-state index contributed by atoms with van der Waals surface area (Å²) in [6.07, 6.45) is 1.02. The number of Topliss-reactive ketones (excluding diaryl/α,β-unsaturated/α-hetero) is 1. The molecular weight excluding hydrogens is 282 g/mol. The number of carboxylic acids is 1. The highest BCUT2D eigenvalue weighted by molar-refractivity contribution is 5.87. The van der Waals surface area contributed by atoms with Crippen LogP contribution < -0.4 is 4.74 Å². The standard InChI is InChI=1S/C17H23NO4/c1-16(2)9-13(19)10-17(3,4)18(16)11-22-14-7-5-12(6-8-14)15(20)21/h5-8H,9-11H2,1-4H3,(H,20,21). The third kappa shape index (κ3) is 3.47. The number of ether oxygens (including phenoxy) is 1. The molecule has 2 rings (SSSR count). The van der Waals surface area contributed by atoms with E-state index in [1.165, 1.54) is 12.1 Å². The van der Waals surface area contributed by atoms with Crippen LogP contribution in [0.15, 0.2) is 24.3 Å². The first kappa shape index (κ1) is 16.5. The van der Waals surface area contributed by atoms with E-state index >= 15 is 0 Å². The first-order chi connectivity index (χ1) is 10.1. The second-order valence-electron chi connectivity index (χ2n) is 7.05. The van der Waals surface area contributed by atoms with Gasteiger partial charge in [-0.05, 0) is 52.0 Å². The van der Waals surface area contributed by atoms with Crippen LogP contribution in [0.3, 0.4) is 0 Å². The van der Waals surface area contributed by atoms with Gasteiger partial charge < -0.3 is 9.84 Å². The van der Waals surface area contributed by atoms with E-state index < -0.39 is 5.97 Å². The first-order valence-electron chi connectivity index (χ1n) is 7.37. The van der Waals surface area contributed by atoms with Gasteiger partial charge in [-0.15, -0.1) is 0 Å². The molecule has 0 aliphatic carbocycles. The van der Waals surface area contributed by atoms with Crippen LogP contribution in [-0.4, -0.2) is 39.6 Å². The summed E-state index contributed by atoms with van der Waals surface area (Å²) in [4.78, 5) is 24.9. The number of nitrogens with zero attached hydrogens (tertiary/aromatic N) is 1. The SMILES string of the molecule is CC1(C)CC(=O)CC(C)(C)N1COc1ccc(C(=O)O)cc1. The summed E-state index contributed by atoms with van der Waals surface area (Å²) < 4.78 is 5.81. The van der Waals surface area contributed by atoms with Gasteiger partial charge >= 0.3 is 5.97 Å². The number of ketones is 1. The Balaban J connectivity index is 2.08. The highest BCUT2D eigenvalue weighted by atomic mass is 16.5. The minimum absolute atomic E-state index is 0.233. The van der Waals surface area contributed by atoms with Crippen molar-refractivity contribution in [3.63, 3.8) is 0 Å². The van der Waals surface area contributed by atoms with Gasteiger partial charge in [0.25, 0.3) is 0 Å². The molecule has 0 saturated carbocycles. The second kappa shape index (κ2) is 5.72. The van der Waals surface area contributed by atoms with E-state index in [4.69, 9.17) is 9.84 Å². The molecule has 1 aliphatic heterocycles. The first-order valence-corrected chi connectivity index (χ1v) is 7.37. The quantitative estimate of drug-likeness (QED) is 0.926. The Morgan fingerprint density at radius 2 is 1.64 bits per heavy atom. The van der Waals surface area contributed by atoms with Crippen LogP contribution >= 0.6 is 0 Å². The molecule has 1 heterocycles. The van der Waals surface area contributed by atoms with Crippen LogP contribution in [0.2, 0.25) is 0 Å². The molecule has 1 saturated heterocycles. The van der Waals surface area contributed by atoms with Crippen LogP contribution in [0.5, 0.6) is 5.75 Å². The molecule has 0 atom stereocenters. The fourth-order valence-electron chi connectivity index (χ4n) is 3.22. The lowest BCUT2D eigenvalue weighted by Crippen LogP contribution is -2.61. The topological polar surface area (TPSA) is 66.8 Å². The maximum atomic E-state index is 11.9. The van der Waals surface area contributed by atoms with E-state index in [-0.39, 0.29) is 22.4 Å². The third-order valence-electron chi connectivity index (χ3n) is 4.18. The normalized spacial score (nSPS) is 20.6. The fourth-order valence-corrected chi connectivity index (χ4v) is 3.22. The van der Waals surface area contributed by atoms with Crippen molar-refractivity contribution < 1.29 is 19.4 Å². The van der Waals surface area contributed by atoms with Gasteiger partial charge in [-0.2, -0.15) is 0 Å². The average molecular weight is 305 g/mol. The predicted molar refractivity (Wildman–Crippen MR) is 83.1 cm³/mol. The summed E-state index contributed by atoms with van der Waals surface area (Å²) in [5, 5.41) is 8.89. The van der Waals surface area contributed by atoms with E-state index in [9.17, 15) is 9.59 Å². The van der Waals surface area contributed by atoms with E-state index in [1.807, 2.05) is 27.7 Å². The van der Waals surface area contributed by atoms with Crippen LogP contribution in [0.1, 0.15) is 50.9 Å². The Kier molecular flexibility index (Phi) is 4.29. The van der Waals surface area contributed by atoms with Crippen molar-refractivity contribution in [3.05, 3.63) is 29.8 Å². The number of carbonyl (C=O) groups is 2. The summed E-state index contributed by atoms with van der Waals surface area (Å²) in [6, 6.07) is 6.35. The average Bonchev–Trinajstić information content (AvgIpc) is 2.35. The van der Waals surface area contributed by atoms with Gasteiger partial charge in [0.05, 0.1) is 5.56 Å². The minimum Gasteiger partial charge on any atom is -0.478 e. The predicted octanol–water partition coefficient (Wildman–Crippen LogP) is 2.94. The molecule has 22 heavy (non-hydrogen) atoms. The van der Waals surface area contributed by atoms with Crippen LogP contribution in [0.25, 0.3) is 0 Å². The Hall–Kier alpha value is -1.88. The Morgan fingerprint density at radius 3 is 2.09 bits per heavy atom. The molecule has 5 heteroatoms. The summed E-state index contributed by atoms with van der Waals surface area (Å²) in [5.74, 6) is -0.0612. The number of hydrogen-bond acceptors (Lipinski definition) is 4. The largest absolute Gasteiger partial charge is 0.478 e. The molecule has 0 spiro atoms. The van der Waals surface area contributed by atoms with Gasteiger partial charge in [0.2, 0.25) is 0 Å². The van der Waals surface area contributed by atoms with E-state index in [0.29, 0.717) is 25.3 Å². The smallest absolute Gasteiger partial charge is 0.335 e. The number of carboxylic acid groups (broad SMARTS) is 1. The van der Waals surface area contributed by atoms with Crippen molar-refractivity contribution in [1.29, 1.82) is 0 Å². The van der Waals surface area contributed by atoms with Gasteiger partial charge in [-0.25, -0.2) is 4.79 Å². The van der Waals surface area contributed by atoms with Crippen molar-refractivity contribution in [3.8, 4) is 5.75 Å². The van der Waals surface area contributed by atoms with Crippen molar-refractivity contribution in [1.82, 2.24) is 4.90 Å². The van der Waals surface area contributed by atoms with Gasteiger partial charge in [0, 0.05) is 23.9 Å². The molecule has 0 radical (unpaired) electrons. The Labute approximate surface area is 130 Å². The van der Waals surface area contributed by atoms with E-state index in [2.05, 4.69) is 4.90 Å². The van der Waals surface area contributed by atoms with Crippen molar-refractivity contribution >= 4 is 11.8 Å². The molecule has 0 amide bonds. The minimum atomic E-state index is -0.955. The highest BCUT2D eigenvalue weighted by Gasteiger charge is 2.45. The van der Waals surface area contributed by atoms with Gasteiger partial charge in [-0.3, -0.25) is 9.69 Å². The second-order valence-corrected chi connectivity index (χ2v) is 7.05. The van der Waals surface area contributed by atoms with Gasteiger partial charge in [0.15, 0.2) is 0 Å². The van der Waals surface area contributed by atoms with E-state index in [0.717, 1.165) is 0 Å². The molecule has 1 aliphatic rings. The number of carbonyl (C=O) groups excluding carboxylic acids is 1. The van der Waals surface area contributed by atoms with Gasteiger partial charge in [-0.1, -0.05) is 0 Å². The van der Waals surface area contributed by atoms with Crippen molar-refractivity contribution in [2.45, 2.75) is 51.6 Å². The molecule has 1 aromatic carbocycles. The molecular formula is C17H23NO4. The lowest BCUT2D eigenvalue weighted by Gasteiger charge is -2.51. The summed E-state index contributed by atoms with van der Waals surface area (Å²) in [5.41, 5.74) is -0.295. The number of benzene rings is 1. The van der Waals surface area contributed by atoms with E-state index in [1.54, 1.807) is 12.1 Å². The summed E-state index contributed by atoms with van der Waals surface area (Å²) in [7, 11) is 0. The molecule has 0 bridgehead atoms. The molecule has 0 unspecified atom stereocenters. The molecule has 5 nitrogen and oxygen atoms in total. The lowest BCUT2D eigenvalue weighted by molar-refractivity contribution is -0.138. The van der Waals surface area contributed by atoms with Crippen LogP contribution in [-0.2, 0) is 4.79 Å². The number of piperidine rings is 1. The molecule has 1 N–H and O–H groups in total. The zero-order valence-electron chi connectivity index (χ0n) is 13.5. The number of hydrogen-bond donors (Lipinski definition) is 1. The number of rotatable bonds is 4. The zero-order chi connectivity index (χ0) is 16.5. The maximum absolute atomic E-state index is 11.9. The maximum Gasteiger partial charge on any atom is 0.335 e. The monoisotopic (exact) mass is 305 g/mol. The van der Waals surface area contributed by atoms with Crippen LogP contribution in [0.4, 0.5) is 0 Å². The Bertz CT molecular complexity index is 555. The number of aromatic carboxylic acids is 1. The summed E-state index contributed by atoms with van der Waals surface area (Å²) in [6.45, 7) is 8.54. The van der Waals surface area contributed by atoms with Gasteiger partial charge in [0.1, 0.15) is 18.3 Å². The third-order valence-corrected chi connectivity index (χ3v) is 4.18. The van der Waals surface area contributed by atoms with Crippen LogP contribution in [0, 0.1) is 0 Å². The molecule has 0 aromatic heterocycles. The highest BCUT2D eigenvalue weighted by Crippen LogP contribution is 2.36. The molecule has 1 fully saturated rings. The van der Waals surface area contributed by atoms with Crippen molar-refractivity contribution in [2.75, 3.05) is 6.73 Å². The molecule has 1 aromatic rings. The fraction of sp³-hybridized carbons (Fsp3) is 0.529. The summed E-state index contributed by atoms with van der Waals surface area (Å²) >= 11 is 0. The Morgan fingerprint density at radius 1 is 1.14 bits per heavy atom. The number of likely N-dealkylation sites (tertiary alicyclic amines) is 1.